The second-order valence-corrected chi connectivity index (χ2v) is 6.26. The molecule has 0 spiro atoms. The number of benzene rings is 1. The molecule has 1 heterocycles. The number of halogens is 1. The first kappa shape index (κ1) is 14.6. The molecule has 2 aromatic rings. The minimum atomic E-state index is 0.302. The fourth-order valence-corrected chi connectivity index (χ4v) is 2.97. The van der Waals surface area contributed by atoms with E-state index in [-0.39, 0.29) is 0 Å². The van der Waals surface area contributed by atoms with E-state index in [1.165, 1.54) is 10.9 Å². The molecule has 1 aromatic heterocycles. The van der Waals surface area contributed by atoms with Crippen LogP contribution in [0.15, 0.2) is 27.1 Å². The van der Waals surface area contributed by atoms with Crippen LogP contribution in [-0.2, 0) is 0 Å². The Morgan fingerprint density at radius 3 is 2.58 bits per heavy atom. The Bertz CT molecular complexity index is 559. The Kier molecular flexibility index (Phi) is 4.69. The second-order valence-electron chi connectivity index (χ2n) is 5.35. The van der Waals surface area contributed by atoms with Crippen molar-refractivity contribution in [3.05, 3.63) is 34.0 Å². The molecule has 1 unspecified atom stereocenters. The van der Waals surface area contributed by atoms with E-state index < -0.39 is 0 Å². The van der Waals surface area contributed by atoms with Crippen LogP contribution in [0, 0.1) is 0 Å². The maximum Gasteiger partial charge on any atom is 0.137 e. The highest BCUT2D eigenvalue weighted by atomic mass is 79.9. The molecule has 0 aliphatic rings. The molecule has 0 saturated heterocycles. The Labute approximate surface area is 123 Å². The van der Waals surface area contributed by atoms with E-state index in [2.05, 4.69) is 60.2 Å². The third-order valence-electron chi connectivity index (χ3n) is 3.52. The highest BCUT2D eigenvalue weighted by Crippen LogP contribution is 2.34. The fourth-order valence-electron chi connectivity index (χ4n) is 2.48. The molecule has 1 atom stereocenters. The molecule has 2 rings (SSSR count). The first-order chi connectivity index (χ1) is 9.06. The molecule has 0 bridgehead atoms. The summed E-state index contributed by atoms with van der Waals surface area (Å²) < 4.78 is 7.26. The third-order valence-corrected chi connectivity index (χ3v) is 3.98. The second kappa shape index (κ2) is 6.10. The van der Waals surface area contributed by atoms with Gasteiger partial charge in [-0.3, -0.25) is 0 Å². The smallest absolute Gasteiger partial charge is 0.137 e. The van der Waals surface area contributed by atoms with Crippen LogP contribution in [0.4, 0.5) is 0 Å². The van der Waals surface area contributed by atoms with Gasteiger partial charge in [-0.2, -0.15) is 0 Å². The van der Waals surface area contributed by atoms with Gasteiger partial charge in [-0.25, -0.2) is 0 Å². The molecule has 0 saturated carbocycles. The molecule has 3 heteroatoms. The average Bonchev–Trinajstić information content (AvgIpc) is 2.77. The van der Waals surface area contributed by atoms with E-state index in [9.17, 15) is 0 Å². The van der Waals surface area contributed by atoms with Gasteiger partial charge in [0, 0.05) is 9.86 Å². The zero-order valence-corrected chi connectivity index (χ0v) is 13.7. The predicted octanol–water partition coefficient (Wildman–Crippen LogP) is 5.38. The van der Waals surface area contributed by atoms with Crippen molar-refractivity contribution in [3.8, 4) is 0 Å². The topological polar surface area (TPSA) is 25.2 Å². The summed E-state index contributed by atoms with van der Waals surface area (Å²) in [6.45, 7) is 6.60. The van der Waals surface area contributed by atoms with Crippen molar-refractivity contribution in [2.75, 3.05) is 7.05 Å². The summed E-state index contributed by atoms with van der Waals surface area (Å²) in [5.74, 6) is 1.50. The van der Waals surface area contributed by atoms with E-state index in [0.29, 0.717) is 12.0 Å². The molecule has 19 heavy (non-hydrogen) atoms. The van der Waals surface area contributed by atoms with Gasteiger partial charge in [-0.05, 0) is 43.1 Å². The molecule has 0 aliphatic carbocycles. The van der Waals surface area contributed by atoms with Gasteiger partial charge >= 0.3 is 0 Å². The summed E-state index contributed by atoms with van der Waals surface area (Å²) in [4.78, 5) is 0. The lowest BCUT2D eigenvalue weighted by Gasteiger charge is -2.11. The number of hydrogen-bond acceptors (Lipinski definition) is 2. The predicted molar refractivity (Wildman–Crippen MR) is 84.7 cm³/mol. The Balaban J connectivity index is 2.52. The monoisotopic (exact) mass is 323 g/mol. The molecule has 0 radical (unpaired) electrons. The lowest BCUT2D eigenvalue weighted by Crippen LogP contribution is -2.15. The van der Waals surface area contributed by atoms with Crippen molar-refractivity contribution >= 4 is 26.9 Å². The van der Waals surface area contributed by atoms with Crippen LogP contribution < -0.4 is 5.32 Å². The van der Waals surface area contributed by atoms with E-state index in [1.54, 1.807) is 0 Å². The zero-order valence-electron chi connectivity index (χ0n) is 12.1. The summed E-state index contributed by atoms with van der Waals surface area (Å²) in [7, 11) is 1.99. The van der Waals surface area contributed by atoms with Crippen molar-refractivity contribution in [1.82, 2.24) is 5.32 Å². The van der Waals surface area contributed by atoms with Crippen molar-refractivity contribution in [1.29, 1.82) is 0 Å². The van der Waals surface area contributed by atoms with Gasteiger partial charge in [0.1, 0.15) is 11.3 Å². The molecule has 104 valence electrons. The molecular weight excluding hydrogens is 302 g/mol. The summed E-state index contributed by atoms with van der Waals surface area (Å²) >= 11 is 3.59. The number of nitrogens with one attached hydrogen (secondary N) is 1. The summed E-state index contributed by atoms with van der Waals surface area (Å²) in [5.41, 5.74) is 2.30. The molecular formula is C16H22BrNO. The van der Waals surface area contributed by atoms with E-state index in [0.717, 1.165) is 28.7 Å². The largest absolute Gasteiger partial charge is 0.459 e. The van der Waals surface area contributed by atoms with Gasteiger partial charge in [-0.15, -0.1) is 0 Å². The first-order valence-electron chi connectivity index (χ1n) is 6.97. The molecule has 0 fully saturated rings. The maximum absolute atomic E-state index is 6.14. The maximum atomic E-state index is 6.14. The lowest BCUT2D eigenvalue weighted by molar-refractivity contribution is 0.428. The van der Waals surface area contributed by atoms with Gasteiger partial charge < -0.3 is 9.73 Å². The Morgan fingerprint density at radius 1 is 1.26 bits per heavy atom. The van der Waals surface area contributed by atoms with Gasteiger partial charge in [0.05, 0.1) is 6.04 Å². The van der Waals surface area contributed by atoms with Crippen LogP contribution in [-0.4, -0.2) is 7.05 Å². The highest BCUT2D eigenvalue weighted by Gasteiger charge is 2.17. The Morgan fingerprint density at radius 2 is 2.00 bits per heavy atom. The number of furan rings is 1. The van der Waals surface area contributed by atoms with E-state index in [1.807, 2.05) is 7.05 Å². The summed E-state index contributed by atoms with van der Waals surface area (Å²) in [5, 5.41) is 4.52. The molecule has 1 N–H and O–H groups in total. The SMILES string of the molecule is CCCC(NC)c1cc2cc(Br)cc(C(C)C)c2o1. The average molecular weight is 324 g/mol. The van der Waals surface area contributed by atoms with Crippen LogP contribution in [0.5, 0.6) is 0 Å². The van der Waals surface area contributed by atoms with Crippen molar-refractivity contribution < 1.29 is 4.42 Å². The minimum Gasteiger partial charge on any atom is -0.459 e. The number of fused-ring (bicyclic) bond motifs is 1. The van der Waals surface area contributed by atoms with Gasteiger partial charge in [-0.1, -0.05) is 43.1 Å². The minimum absolute atomic E-state index is 0.302. The van der Waals surface area contributed by atoms with Crippen LogP contribution in [0.25, 0.3) is 11.0 Å². The Hall–Kier alpha value is -0.800. The number of rotatable bonds is 5. The van der Waals surface area contributed by atoms with Crippen molar-refractivity contribution in [2.24, 2.45) is 0 Å². The van der Waals surface area contributed by atoms with Gasteiger partial charge in [0.2, 0.25) is 0 Å². The van der Waals surface area contributed by atoms with Gasteiger partial charge in [0.15, 0.2) is 0 Å². The highest BCUT2D eigenvalue weighted by molar-refractivity contribution is 9.10. The first-order valence-corrected chi connectivity index (χ1v) is 7.76. The zero-order chi connectivity index (χ0) is 14.0. The number of hydrogen-bond donors (Lipinski definition) is 1. The van der Waals surface area contributed by atoms with Gasteiger partial charge in [0.25, 0.3) is 0 Å². The normalized spacial score (nSPS) is 13.4. The van der Waals surface area contributed by atoms with Crippen LogP contribution in [0.1, 0.15) is 56.9 Å². The van der Waals surface area contributed by atoms with Crippen molar-refractivity contribution in [3.63, 3.8) is 0 Å². The van der Waals surface area contributed by atoms with Crippen LogP contribution >= 0.6 is 15.9 Å². The van der Waals surface area contributed by atoms with Crippen LogP contribution in [0.3, 0.4) is 0 Å². The molecule has 1 aromatic carbocycles. The summed E-state index contributed by atoms with van der Waals surface area (Å²) in [6.07, 6.45) is 2.23. The quantitative estimate of drug-likeness (QED) is 0.799. The van der Waals surface area contributed by atoms with Crippen LogP contribution in [0.2, 0.25) is 0 Å². The summed E-state index contributed by atoms with van der Waals surface area (Å²) in [6, 6.07) is 6.76. The molecule has 0 amide bonds. The van der Waals surface area contributed by atoms with E-state index >= 15 is 0 Å². The molecule has 0 aliphatic heterocycles. The standard InChI is InChI=1S/C16H22BrNO/c1-5-6-14(18-4)15-8-11-7-12(17)9-13(10(2)3)16(11)19-15/h7-10,14,18H,5-6H2,1-4H3. The van der Waals surface area contributed by atoms with Crippen molar-refractivity contribution in [2.45, 2.75) is 45.6 Å². The third kappa shape index (κ3) is 3.03. The molecule has 2 nitrogen and oxygen atoms in total. The lowest BCUT2D eigenvalue weighted by atomic mass is 10.0. The fraction of sp³-hybridized carbons (Fsp3) is 0.500. The van der Waals surface area contributed by atoms with E-state index in [4.69, 9.17) is 4.42 Å².